The molecule has 1 amide bonds. The van der Waals surface area contributed by atoms with Gasteiger partial charge in [-0.05, 0) is 86.0 Å². The van der Waals surface area contributed by atoms with E-state index in [4.69, 9.17) is 9.47 Å². The van der Waals surface area contributed by atoms with Crippen LogP contribution in [0.15, 0.2) is 82.8 Å². The molecule has 0 bridgehead atoms. The van der Waals surface area contributed by atoms with E-state index in [0.29, 0.717) is 30.6 Å². The summed E-state index contributed by atoms with van der Waals surface area (Å²) in [6, 6.07) is 20.3. The SMILES string of the molecule is CCOc1ccc(S(=O)(=O)N(CC(=O)N/N=C\c2ccc(OCC(C)C)cc2)c2ccc(C)cc2)cc1. The summed E-state index contributed by atoms with van der Waals surface area (Å²) in [4.78, 5) is 12.8. The van der Waals surface area contributed by atoms with Crippen LogP contribution in [0.5, 0.6) is 11.5 Å². The molecule has 0 atom stereocenters. The first kappa shape index (κ1) is 27.7. The third-order valence-corrected chi connectivity index (χ3v) is 6.99. The van der Waals surface area contributed by atoms with Gasteiger partial charge in [-0.1, -0.05) is 31.5 Å². The molecule has 3 aromatic rings. The molecule has 0 saturated carbocycles. The molecular weight excluding hydrogens is 490 g/mol. The summed E-state index contributed by atoms with van der Waals surface area (Å²) in [5.74, 6) is 1.16. The molecule has 37 heavy (non-hydrogen) atoms. The first-order valence-corrected chi connectivity index (χ1v) is 13.5. The molecule has 0 fully saturated rings. The highest BCUT2D eigenvalue weighted by molar-refractivity contribution is 7.92. The van der Waals surface area contributed by atoms with Crippen LogP contribution in [0, 0.1) is 12.8 Å². The smallest absolute Gasteiger partial charge is 0.264 e. The number of rotatable bonds is 12. The van der Waals surface area contributed by atoms with Crippen molar-refractivity contribution in [3.8, 4) is 11.5 Å². The van der Waals surface area contributed by atoms with Crippen LogP contribution in [0.3, 0.4) is 0 Å². The second-order valence-corrected chi connectivity index (χ2v) is 10.7. The Morgan fingerprint density at radius 1 is 0.946 bits per heavy atom. The number of ether oxygens (including phenoxy) is 2. The maximum Gasteiger partial charge on any atom is 0.264 e. The Bertz CT molecular complexity index is 1290. The number of benzene rings is 3. The number of aryl methyl sites for hydroxylation is 1. The van der Waals surface area contributed by atoms with E-state index in [-0.39, 0.29) is 4.90 Å². The van der Waals surface area contributed by atoms with Crippen molar-refractivity contribution in [3.05, 3.63) is 83.9 Å². The molecule has 1 N–H and O–H groups in total. The first-order valence-electron chi connectivity index (χ1n) is 12.1. The molecule has 0 aliphatic carbocycles. The highest BCUT2D eigenvalue weighted by atomic mass is 32.2. The lowest BCUT2D eigenvalue weighted by Gasteiger charge is -2.24. The molecule has 9 heteroatoms. The van der Waals surface area contributed by atoms with E-state index in [1.54, 1.807) is 36.4 Å². The molecule has 0 aromatic heterocycles. The van der Waals surface area contributed by atoms with Crippen molar-refractivity contribution in [1.29, 1.82) is 0 Å². The fraction of sp³-hybridized carbons (Fsp3) is 0.286. The van der Waals surface area contributed by atoms with Gasteiger partial charge in [0.25, 0.3) is 15.9 Å². The van der Waals surface area contributed by atoms with Crippen LogP contribution < -0.4 is 19.2 Å². The van der Waals surface area contributed by atoms with E-state index in [9.17, 15) is 13.2 Å². The number of nitrogens with one attached hydrogen (secondary N) is 1. The van der Waals surface area contributed by atoms with E-state index in [1.165, 1.54) is 18.3 Å². The van der Waals surface area contributed by atoms with Crippen molar-refractivity contribution in [2.45, 2.75) is 32.6 Å². The number of amides is 1. The normalized spacial score (nSPS) is 11.5. The van der Waals surface area contributed by atoms with Crippen LogP contribution >= 0.6 is 0 Å². The minimum Gasteiger partial charge on any atom is -0.494 e. The second-order valence-electron chi connectivity index (χ2n) is 8.82. The van der Waals surface area contributed by atoms with Gasteiger partial charge < -0.3 is 9.47 Å². The van der Waals surface area contributed by atoms with E-state index < -0.39 is 22.5 Å². The maximum atomic E-state index is 13.5. The second kappa shape index (κ2) is 12.9. The summed E-state index contributed by atoms with van der Waals surface area (Å²) in [5.41, 5.74) is 4.52. The van der Waals surface area contributed by atoms with Gasteiger partial charge in [-0.25, -0.2) is 13.8 Å². The fourth-order valence-electron chi connectivity index (χ4n) is 3.29. The Morgan fingerprint density at radius 3 is 2.14 bits per heavy atom. The van der Waals surface area contributed by atoms with Gasteiger partial charge in [0.15, 0.2) is 0 Å². The zero-order chi connectivity index (χ0) is 26.8. The van der Waals surface area contributed by atoms with E-state index >= 15 is 0 Å². The molecule has 0 aliphatic rings. The van der Waals surface area contributed by atoms with E-state index in [2.05, 4.69) is 24.4 Å². The van der Waals surface area contributed by atoms with Crippen LogP contribution in [-0.2, 0) is 14.8 Å². The van der Waals surface area contributed by atoms with Crippen LogP contribution in [0.4, 0.5) is 5.69 Å². The Balaban J connectivity index is 1.73. The average molecular weight is 524 g/mol. The van der Waals surface area contributed by atoms with Crippen molar-refractivity contribution in [1.82, 2.24) is 5.43 Å². The Morgan fingerprint density at radius 2 is 1.54 bits per heavy atom. The topological polar surface area (TPSA) is 97.3 Å². The number of carbonyl (C=O) groups is 1. The van der Waals surface area contributed by atoms with Gasteiger partial charge in [-0.2, -0.15) is 5.10 Å². The molecule has 0 heterocycles. The summed E-state index contributed by atoms with van der Waals surface area (Å²) in [6.45, 7) is 8.55. The van der Waals surface area contributed by atoms with Crippen LogP contribution in [0.2, 0.25) is 0 Å². The molecule has 0 aliphatic heterocycles. The van der Waals surface area contributed by atoms with Gasteiger partial charge in [0, 0.05) is 0 Å². The maximum absolute atomic E-state index is 13.5. The number of hydrogen-bond acceptors (Lipinski definition) is 6. The molecule has 3 rings (SSSR count). The third kappa shape index (κ3) is 8.08. The molecule has 0 saturated heterocycles. The monoisotopic (exact) mass is 523 g/mol. The van der Waals surface area contributed by atoms with Crippen molar-refractivity contribution >= 4 is 27.8 Å². The standard InChI is InChI=1S/C28H33N3O5S/c1-5-35-25-14-16-27(17-15-25)37(33,34)31(24-10-6-22(4)7-11-24)19-28(32)30-29-18-23-8-12-26(13-9-23)36-20-21(2)3/h6-18,21H,5,19-20H2,1-4H3,(H,30,32)/b29-18-. The van der Waals surface area contributed by atoms with Crippen LogP contribution in [-0.4, -0.2) is 40.3 Å². The molecule has 0 radical (unpaired) electrons. The highest BCUT2D eigenvalue weighted by Crippen LogP contribution is 2.25. The third-order valence-electron chi connectivity index (χ3n) is 5.20. The van der Waals surface area contributed by atoms with E-state index in [0.717, 1.165) is 21.2 Å². The van der Waals surface area contributed by atoms with Crippen molar-refractivity contribution in [2.75, 3.05) is 24.1 Å². The van der Waals surface area contributed by atoms with Gasteiger partial charge in [-0.3, -0.25) is 9.10 Å². The summed E-state index contributed by atoms with van der Waals surface area (Å²) < 4.78 is 39.1. The Labute approximate surface area is 219 Å². The molecule has 0 unspecified atom stereocenters. The van der Waals surface area contributed by atoms with Gasteiger partial charge >= 0.3 is 0 Å². The lowest BCUT2D eigenvalue weighted by Crippen LogP contribution is -2.39. The zero-order valence-electron chi connectivity index (χ0n) is 21.5. The van der Waals surface area contributed by atoms with Crippen LogP contribution in [0.1, 0.15) is 31.9 Å². The van der Waals surface area contributed by atoms with Crippen molar-refractivity contribution in [2.24, 2.45) is 11.0 Å². The predicted molar refractivity (Wildman–Crippen MR) is 146 cm³/mol. The van der Waals surface area contributed by atoms with Gasteiger partial charge in [0.2, 0.25) is 0 Å². The molecule has 8 nitrogen and oxygen atoms in total. The zero-order valence-corrected chi connectivity index (χ0v) is 22.4. The van der Waals surface area contributed by atoms with Crippen molar-refractivity contribution in [3.63, 3.8) is 0 Å². The quantitative estimate of drug-likeness (QED) is 0.272. The lowest BCUT2D eigenvalue weighted by atomic mass is 10.2. The summed E-state index contributed by atoms with van der Waals surface area (Å²) in [5, 5.41) is 3.99. The predicted octanol–water partition coefficient (Wildman–Crippen LogP) is 4.77. The molecule has 0 spiro atoms. The molecular formula is C28H33N3O5S. The van der Waals surface area contributed by atoms with Gasteiger partial charge in [0.05, 0.1) is 30.0 Å². The number of hydrazone groups is 1. The number of sulfonamides is 1. The lowest BCUT2D eigenvalue weighted by molar-refractivity contribution is -0.119. The Hall–Kier alpha value is -3.85. The van der Waals surface area contributed by atoms with Gasteiger partial charge in [-0.15, -0.1) is 0 Å². The highest BCUT2D eigenvalue weighted by Gasteiger charge is 2.27. The summed E-state index contributed by atoms with van der Waals surface area (Å²) in [7, 11) is -4.04. The average Bonchev–Trinajstić information content (AvgIpc) is 2.88. The number of carbonyl (C=O) groups excluding carboxylic acids is 1. The largest absolute Gasteiger partial charge is 0.494 e. The van der Waals surface area contributed by atoms with Gasteiger partial charge in [0.1, 0.15) is 18.0 Å². The minimum absolute atomic E-state index is 0.0487. The molecule has 196 valence electrons. The number of hydrogen-bond donors (Lipinski definition) is 1. The number of nitrogens with zero attached hydrogens (tertiary/aromatic N) is 2. The molecule has 3 aromatic carbocycles. The minimum atomic E-state index is -4.04. The van der Waals surface area contributed by atoms with E-state index in [1.807, 2.05) is 38.1 Å². The first-order chi connectivity index (χ1) is 17.7. The van der Waals surface area contributed by atoms with Crippen molar-refractivity contribution < 1.29 is 22.7 Å². The number of anilines is 1. The fourth-order valence-corrected chi connectivity index (χ4v) is 4.71. The summed E-state index contributed by atoms with van der Waals surface area (Å²) >= 11 is 0. The van der Waals surface area contributed by atoms with Crippen LogP contribution in [0.25, 0.3) is 0 Å². The Kier molecular flexibility index (Phi) is 9.68. The summed E-state index contributed by atoms with van der Waals surface area (Å²) in [6.07, 6.45) is 1.49.